The molecule has 0 atom stereocenters. The van der Waals surface area contributed by atoms with Crippen LogP contribution in [0.5, 0.6) is 0 Å². The van der Waals surface area contributed by atoms with Crippen molar-refractivity contribution in [3.8, 4) is 0 Å². The van der Waals surface area contributed by atoms with Crippen LogP contribution in [-0.2, 0) is 0 Å². The van der Waals surface area contributed by atoms with Gasteiger partial charge in [0.1, 0.15) is 5.69 Å². The summed E-state index contributed by atoms with van der Waals surface area (Å²) >= 11 is 0. The summed E-state index contributed by atoms with van der Waals surface area (Å²) < 4.78 is 0. The van der Waals surface area contributed by atoms with Gasteiger partial charge in [-0.15, -0.1) is 12.4 Å². The van der Waals surface area contributed by atoms with E-state index in [1.54, 1.807) is 24.1 Å². The maximum atomic E-state index is 12.6. The van der Waals surface area contributed by atoms with Crippen molar-refractivity contribution in [2.45, 2.75) is 26.7 Å². The number of rotatable bonds is 6. The molecule has 1 saturated heterocycles. The van der Waals surface area contributed by atoms with Gasteiger partial charge in [0.2, 0.25) is 0 Å². The Morgan fingerprint density at radius 2 is 1.96 bits per heavy atom. The number of nitro benzene ring substituents is 1. The normalized spacial score (nSPS) is 14.2. The number of hydrogen-bond acceptors (Lipinski definition) is 5. The van der Waals surface area contributed by atoms with Crippen molar-refractivity contribution in [2.75, 3.05) is 38.1 Å². The number of carbonyl (C=O) groups excluding carboxylic acids is 1. The smallest absolute Gasteiger partial charge is 0.293 e. The van der Waals surface area contributed by atoms with Crippen molar-refractivity contribution >= 4 is 29.7 Å². The average Bonchev–Trinajstić information content (AvgIpc) is 3.07. The summed E-state index contributed by atoms with van der Waals surface area (Å²) in [6, 6.07) is 4.76. The maximum Gasteiger partial charge on any atom is 0.293 e. The largest absolute Gasteiger partial charge is 0.366 e. The topological polar surface area (TPSA) is 92.7 Å². The third-order valence-electron chi connectivity index (χ3n) is 4.43. The van der Waals surface area contributed by atoms with Crippen LogP contribution in [0.4, 0.5) is 11.4 Å². The van der Waals surface area contributed by atoms with E-state index in [0.717, 1.165) is 25.9 Å². The van der Waals surface area contributed by atoms with E-state index in [-0.39, 0.29) is 29.4 Å². The second-order valence-corrected chi connectivity index (χ2v) is 7.18. The molecule has 0 aromatic heterocycles. The van der Waals surface area contributed by atoms with Crippen LogP contribution in [0.25, 0.3) is 0 Å². The van der Waals surface area contributed by atoms with Gasteiger partial charge in [-0.05, 0) is 36.9 Å². The van der Waals surface area contributed by atoms with Gasteiger partial charge >= 0.3 is 0 Å². The number of amides is 1. The number of benzene rings is 1. The number of carbonyl (C=O) groups is 1. The van der Waals surface area contributed by atoms with Crippen LogP contribution in [0.2, 0.25) is 0 Å². The molecule has 0 spiro atoms. The lowest BCUT2D eigenvalue weighted by molar-refractivity contribution is -0.384. The van der Waals surface area contributed by atoms with Gasteiger partial charge in [0, 0.05) is 38.3 Å². The second kappa shape index (κ2) is 8.49. The van der Waals surface area contributed by atoms with Gasteiger partial charge in [0.15, 0.2) is 0 Å². The van der Waals surface area contributed by atoms with Crippen LogP contribution in [0.15, 0.2) is 18.2 Å². The lowest BCUT2D eigenvalue weighted by Gasteiger charge is -2.29. The molecule has 0 aliphatic carbocycles. The molecule has 8 heteroatoms. The second-order valence-electron chi connectivity index (χ2n) is 7.18. The van der Waals surface area contributed by atoms with E-state index in [4.69, 9.17) is 5.73 Å². The molecule has 1 aliphatic heterocycles. The standard InChI is InChI=1S/C17H26N4O3.ClH/c1-17(2,11-18)12-19(3)16(22)13-6-7-14(15(10-13)21(23)24)20-8-4-5-9-20;/h6-7,10H,4-5,8-9,11-12,18H2,1-3H3;1H. The van der Waals surface area contributed by atoms with Crippen molar-refractivity contribution < 1.29 is 9.72 Å². The molecule has 1 heterocycles. The fourth-order valence-corrected chi connectivity index (χ4v) is 3.03. The highest BCUT2D eigenvalue weighted by Crippen LogP contribution is 2.32. The lowest BCUT2D eigenvalue weighted by atomic mass is 9.93. The first kappa shape index (κ1) is 21.2. The van der Waals surface area contributed by atoms with Crippen LogP contribution < -0.4 is 10.6 Å². The van der Waals surface area contributed by atoms with E-state index in [2.05, 4.69) is 0 Å². The summed E-state index contributed by atoms with van der Waals surface area (Å²) in [5.41, 5.74) is 6.44. The third-order valence-corrected chi connectivity index (χ3v) is 4.43. The van der Waals surface area contributed by atoms with E-state index >= 15 is 0 Å². The molecule has 1 aliphatic rings. The molecule has 1 fully saturated rings. The van der Waals surface area contributed by atoms with Crippen LogP contribution in [-0.4, -0.2) is 49.0 Å². The Morgan fingerprint density at radius 3 is 2.48 bits per heavy atom. The lowest BCUT2D eigenvalue weighted by Crippen LogP contribution is -2.39. The molecule has 1 amide bonds. The van der Waals surface area contributed by atoms with E-state index in [1.165, 1.54) is 6.07 Å². The van der Waals surface area contributed by atoms with E-state index in [0.29, 0.717) is 24.3 Å². The first-order valence-electron chi connectivity index (χ1n) is 8.24. The Morgan fingerprint density at radius 1 is 1.36 bits per heavy atom. The van der Waals surface area contributed by atoms with Gasteiger partial charge in [-0.2, -0.15) is 0 Å². The summed E-state index contributed by atoms with van der Waals surface area (Å²) in [5, 5.41) is 11.4. The number of nitrogens with zero attached hydrogens (tertiary/aromatic N) is 3. The maximum absolute atomic E-state index is 12.6. The Hall–Kier alpha value is -1.86. The number of anilines is 1. The fourth-order valence-electron chi connectivity index (χ4n) is 3.03. The van der Waals surface area contributed by atoms with Gasteiger partial charge in [-0.3, -0.25) is 14.9 Å². The van der Waals surface area contributed by atoms with E-state index in [1.807, 2.05) is 18.7 Å². The SMILES string of the molecule is CN(CC(C)(C)CN)C(=O)c1ccc(N2CCCC2)c([N+](=O)[O-])c1.Cl. The van der Waals surface area contributed by atoms with Crippen molar-refractivity contribution in [3.63, 3.8) is 0 Å². The number of nitro groups is 1. The first-order valence-corrected chi connectivity index (χ1v) is 8.24. The van der Waals surface area contributed by atoms with Crippen molar-refractivity contribution in [1.82, 2.24) is 4.90 Å². The van der Waals surface area contributed by atoms with Crippen molar-refractivity contribution in [1.29, 1.82) is 0 Å². The molecule has 140 valence electrons. The molecule has 0 unspecified atom stereocenters. The van der Waals surface area contributed by atoms with Crippen LogP contribution >= 0.6 is 12.4 Å². The van der Waals surface area contributed by atoms with Gasteiger partial charge in [-0.1, -0.05) is 13.8 Å². The number of halogens is 1. The Kier molecular flexibility index (Phi) is 7.19. The summed E-state index contributed by atoms with van der Waals surface area (Å²) in [7, 11) is 1.69. The zero-order valence-electron chi connectivity index (χ0n) is 15.0. The molecule has 2 N–H and O–H groups in total. The van der Waals surface area contributed by atoms with Crippen LogP contribution in [0.1, 0.15) is 37.0 Å². The van der Waals surface area contributed by atoms with Gasteiger partial charge in [-0.25, -0.2) is 0 Å². The fraction of sp³-hybridized carbons (Fsp3) is 0.588. The van der Waals surface area contributed by atoms with E-state index < -0.39 is 4.92 Å². The summed E-state index contributed by atoms with van der Waals surface area (Å²) in [6.07, 6.45) is 2.07. The molecule has 1 aromatic carbocycles. The number of hydrogen-bond donors (Lipinski definition) is 1. The molecule has 1 aromatic rings. The van der Waals surface area contributed by atoms with E-state index in [9.17, 15) is 14.9 Å². The first-order chi connectivity index (χ1) is 11.2. The van der Waals surface area contributed by atoms with Crippen LogP contribution in [0, 0.1) is 15.5 Å². The predicted octanol–water partition coefficient (Wildman–Crippen LogP) is 2.67. The minimum Gasteiger partial charge on any atom is -0.366 e. The highest BCUT2D eigenvalue weighted by Gasteiger charge is 2.26. The molecular formula is C17H27ClN4O3. The molecule has 0 saturated carbocycles. The zero-order chi connectivity index (χ0) is 17.9. The van der Waals surface area contributed by atoms with Gasteiger partial charge in [0.25, 0.3) is 11.6 Å². The Bertz CT molecular complexity index is 630. The highest BCUT2D eigenvalue weighted by atomic mass is 35.5. The Balaban J connectivity index is 0.00000312. The predicted molar refractivity (Wildman–Crippen MR) is 102 cm³/mol. The minimum atomic E-state index is -0.408. The molecule has 0 bridgehead atoms. The number of nitrogens with two attached hydrogens (primary N) is 1. The zero-order valence-corrected chi connectivity index (χ0v) is 15.8. The molecule has 7 nitrogen and oxygen atoms in total. The summed E-state index contributed by atoms with van der Waals surface area (Å²) in [6.45, 7) is 6.55. The third kappa shape index (κ3) is 5.06. The van der Waals surface area contributed by atoms with Gasteiger partial charge in [0.05, 0.1) is 4.92 Å². The monoisotopic (exact) mass is 370 g/mol. The van der Waals surface area contributed by atoms with Gasteiger partial charge < -0.3 is 15.5 Å². The molecular weight excluding hydrogens is 344 g/mol. The molecule has 25 heavy (non-hydrogen) atoms. The highest BCUT2D eigenvalue weighted by molar-refractivity contribution is 5.95. The average molecular weight is 371 g/mol. The molecule has 0 radical (unpaired) electrons. The summed E-state index contributed by atoms with van der Waals surface area (Å²) in [4.78, 5) is 27.2. The quantitative estimate of drug-likeness (QED) is 0.613. The van der Waals surface area contributed by atoms with Crippen LogP contribution in [0.3, 0.4) is 0 Å². The summed E-state index contributed by atoms with van der Waals surface area (Å²) in [5.74, 6) is -0.229. The van der Waals surface area contributed by atoms with Crippen molar-refractivity contribution in [3.05, 3.63) is 33.9 Å². The Labute approximate surface area is 154 Å². The minimum absolute atomic E-state index is 0. The van der Waals surface area contributed by atoms with Crippen molar-refractivity contribution in [2.24, 2.45) is 11.1 Å². The molecule has 2 rings (SSSR count).